The first-order valence-electron chi connectivity index (χ1n) is 4.28. The number of nitrogens with two attached hydrogens (primary N) is 1. The van der Waals surface area contributed by atoms with Gasteiger partial charge in [-0.05, 0) is 13.8 Å². The zero-order valence-electron chi connectivity index (χ0n) is 8.72. The van der Waals surface area contributed by atoms with Crippen molar-refractivity contribution < 1.29 is 14.3 Å². The summed E-state index contributed by atoms with van der Waals surface area (Å²) in [4.78, 5) is 22.1. The minimum atomic E-state index is -0.671. The first-order valence-corrected chi connectivity index (χ1v) is 4.28. The molecule has 15 heavy (non-hydrogen) atoms. The summed E-state index contributed by atoms with van der Waals surface area (Å²) in [5, 5.41) is 7.25. The van der Waals surface area contributed by atoms with Crippen LogP contribution in [-0.2, 0) is 9.53 Å². The van der Waals surface area contributed by atoms with E-state index in [1.54, 1.807) is 13.8 Å². The number of hydrogen-bond acceptors (Lipinski definition) is 5. The number of rotatable bonds is 3. The summed E-state index contributed by atoms with van der Waals surface area (Å²) in [7, 11) is 1.28. The van der Waals surface area contributed by atoms with Crippen molar-refractivity contribution in [1.82, 2.24) is 15.0 Å². The average Bonchev–Trinajstić information content (AvgIpc) is 2.57. The van der Waals surface area contributed by atoms with Crippen molar-refractivity contribution in [1.29, 1.82) is 0 Å². The lowest BCUT2D eigenvalue weighted by molar-refractivity contribution is -0.144. The summed E-state index contributed by atoms with van der Waals surface area (Å²) >= 11 is 0. The molecule has 7 nitrogen and oxygen atoms in total. The number of carbonyl (C=O) groups excluding carboxylic acids is 2. The van der Waals surface area contributed by atoms with Crippen molar-refractivity contribution >= 4 is 11.9 Å². The van der Waals surface area contributed by atoms with Crippen LogP contribution in [0.3, 0.4) is 0 Å². The zero-order valence-corrected chi connectivity index (χ0v) is 8.72. The maximum absolute atomic E-state index is 11.2. The van der Waals surface area contributed by atoms with Gasteiger partial charge in [-0.3, -0.25) is 4.79 Å². The standard InChI is InChI=1S/C8H12N4O3/c1-4-6(7(9)13)10-11-12(4)5(2)8(14)15-3/h5H,1-3H3,(H2,9,13). The largest absolute Gasteiger partial charge is 0.467 e. The van der Waals surface area contributed by atoms with E-state index < -0.39 is 17.9 Å². The third-order valence-corrected chi connectivity index (χ3v) is 2.07. The first kappa shape index (κ1) is 11.2. The van der Waals surface area contributed by atoms with Crippen molar-refractivity contribution in [3.63, 3.8) is 0 Å². The van der Waals surface area contributed by atoms with E-state index in [0.29, 0.717) is 5.69 Å². The van der Waals surface area contributed by atoms with Crippen molar-refractivity contribution in [3.8, 4) is 0 Å². The average molecular weight is 212 g/mol. The highest BCUT2D eigenvalue weighted by molar-refractivity contribution is 5.91. The number of nitrogens with zero attached hydrogens (tertiary/aromatic N) is 3. The van der Waals surface area contributed by atoms with Crippen LogP contribution < -0.4 is 5.73 Å². The third-order valence-electron chi connectivity index (χ3n) is 2.07. The zero-order chi connectivity index (χ0) is 11.6. The van der Waals surface area contributed by atoms with Crippen LogP contribution in [0.15, 0.2) is 0 Å². The van der Waals surface area contributed by atoms with Crippen LogP contribution in [0.5, 0.6) is 0 Å². The Morgan fingerprint density at radius 1 is 1.53 bits per heavy atom. The van der Waals surface area contributed by atoms with Crippen molar-refractivity contribution in [3.05, 3.63) is 11.4 Å². The number of carbonyl (C=O) groups is 2. The molecule has 0 saturated heterocycles. The highest BCUT2D eigenvalue weighted by atomic mass is 16.5. The molecule has 0 saturated carbocycles. The highest BCUT2D eigenvalue weighted by Gasteiger charge is 2.22. The molecular weight excluding hydrogens is 200 g/mol. The van der Waals surface area contributed by atoms with Crippen LogP contribution in [0.25, 0.3) is 0 Å². The molecular formula is C8H12N4O3. The van der Waals surface area contributed by atoms with Gasteiger partial charge in [-0.25, -0.2) is 9.48 Å². The Kier molecular flexibility index (Phi) is 3.03. The normalized spacial score (nSPS) is 12.2. The van der Waals surface area contributed by atoms with E-state index in [1.165, 1.54) is 11.8 Å². The molecule has 1 rings (SSSR count). The van der Waals surface area contributed by atoms with Crippen LogP contribution in [0.4, 0.5) is 0 Å². The Morgan fingerprint density at radius 2 is 2.13 bits per heavy atom. The summed E-state index contributed by atoms with van der Waals surface area (Å²) < 4.78 is 5.84. The number of aromatic nitrogens is 3. The van der Waals surface area contributed by atoms with E-state index in [-0.39, 0.29) is 5.69 Å². The van der Waals surface area contributed by atoms with Gasteiger partial charge in [0.2, 0.25) is 0 Å². The first-order chi connectivity index (χ1) is 6.99. The Balaban J connectivity index is 3.06. The van der Waals surface area contributed by atoms with Crippen molar-refractivity contribution in [2.45, 2.75) is 19.9 Å². The number of hydrogen-bond donors (Lipinski definition) is 1. The molecule has 1 heterocycles. The molecule has 0 aliphatic heterocycles. The third kappa shape index (κ3) is 1.95. The second kappa shape index (κ2) is 4.07. The van der Waals surface area contributed by atoms with Crippen molar-refractivity contribution in [2.24, 2.45) is 5.73 Å². The van der Waals surface area contributed by atoms with Crippen LogP contribution >= 0.6 is 0 Å². The molecule has 0 bridgehead atoms. The maximum atomic E-state index is 11.2. The molecule has 0 aromatic carbocycles. The van der Waals surface area contributed by atoms with Gasteiger partial charge < -0.3 is 10.5 Å². The highest BCUT2D eigenvalue weighted by Crippen LogP contribution is 2.11. The molecule has 7 heteroatoms. The Labute approximate surface area is 86.2 Å². The fourth-order valence-corrected chi connectivity index (χ4v) is 1.21. The molecule has 82 valence electrons. The van der Waals surface area contributed by atoms with Crippen LogP contribution in [-0.4, -0.2) is 34.0 Å². The smallest absolute Gasteiger partial charge is 0.330 e. The quantitative estimate of drug-likeness (QED) is 0.675. The fourth-order valence-electron chi connectivity index (χ4n) is 1.21. The molecule has 1 atom stereocenters. The topological polar surface area (TPSA) is 100 Å². The number of amides is 1. The molecule has 1 unspecified atom stereocenters. The van der Waals surface area contributed by atoms with E-state index >= 15 is 0 Å². The summed E-state index contributed by atoms with van der Waals surface area (Å²) in [6.07, 6.45) is 0. The van der Waals surface area contributed by atoms with Crippen molar-refractivity contribution in [2.75, 3.05) is 7.11 Å². The Hall–Kier alpha value is -1.92. The monoisotopic (exact) mass is 212 g/mol. The van der Waals surface area contributed by atoms with Gasteiger partial charge in [0.05, 0.1) is 12.8 Å². The summed E-state index contributed by atoms with van der Waals surface area (Å²) in [5.74, 6) is -1.13. The molecule has 1 amide bonds. The number of esters is 1. The van der Waals surface area contributed by atoms with Gasteiger partial charge >= 0.3 is 5.97 Å². The molecule has 0 aliphatic carbocycles. The molecule has 0 fully saturated rings. The van der Waals surface area contributed by atoms with Gasteiger partial charge in [0, 0.05) is 0 Å². The lowest BCUT2D eigenvalue weighted by Gasteiger charge is -2.10. The van der Waals surface area contributed by atoms with E-state index in [9.17, 15) is 9.59 Å². The van der Waals surface area contributed by atoms with Gasteiger partial charge in [-0.2, -0.15) is 0 Å². The molecule has 2 N–H and O–H groups in total. The minimum absolute atomic E-state index is 0.0609. The maximum Gasteiger partial charge on any atom is 0.330 e. The molecule has 1 aromatic rings. The Bertz CT molecular complexity index is 399. The van der Waals surface area contributed by atoms with Crippen LogP contribution in [0, 0.1) is 6.92 Å². The van der Waals surface area contributed by atoms with E-state index in [1.807, 2.05) is 0 Å². The number of primary amides is 1. The predicted molar refractivity (Wildman–Crippen MR) is 50.0 cm³/mol. The summed E-state index contributed by atoms with van der Waals surface area (Å²) in [6, 6.07) is -0.629. The Morgan fingerprint density at radius 3 is 2.53 bits per heavy atom. The molecule has 0 radical (unpaired) electrons. The van der Waals surface area contributed by atoms with E-state index in [0.717, 1.165) is 0 Å². The predicted octanol–water partition coefficient (Wildman–Crippen LogP) is -0.581. The second-order valence-corrected chi connectivity index (χ2v) is 3.03. The molecule has 0 spiro atoms. The van der Waals surface area contributed by atoms with E-state index in [4.69, 9.17) is 5.73 Å². The van der Waals surface area contributed by atoms with Crippen LogP contribution in [0.1, 0.15) is 29.1 Å². The molecule has 0 aliphatic rings. The number of ether oxygens (including phenoxy) is 1. The van der Waals surface area contributed by atoms with E-state index in [2.05, 4.69) is 15.0 Å². The fraction of sp³-hybridized carbons (Fsp3) is 0.500. The second-order valence-electron chi connectivity index (χ2n) is 3.03. The number of methoxy groups -OCH3 is 1. The SMILES string of the molecule is COC(=O)C(C)n1nnc(C(N)=O)c1C. The molecule has 1 aromatic heterocycles. The lowest BCUT2D eigenvalue weighted by Crippen LogP contribution is -2.20. The van der Waals surface area contributed by atoms with Gasteiger partial charge in [-0.15, -0.1) is 5.10 Å². The van der Waals surface area contributed by atoms with Gasteiger partial charge in [-0.1, -0.05) is 5.21 Å². The van der Waals surface area contributed by atoms with Gasteiger partial charge in [0.25, 0.3) is 5.91 Å². The minimum Gasteiger partial charge on any atom is -0.467 e. The van der Waals surface area contributed by atoms with Gasteiger partial charge in [0.15, 0.2) is 5.69 Å². The van der Waals surface area contributed by atoms with Crippen LogP contribution in [0.2, 0.25) is 0 Å². The summed E-state index contributed by atoms with van der Waals surface area (Å²) in [5.41, 5.74) is 5.57. The van der Waals surface area contributed by atoms with Gasteiger partial charge in [0.1, 0.15) is 6.04 Å². The lowest BCUT2D eigenvalue weighted by atomic mass is 10.3. The summed E-state index contributed by atoms with van der Waals surface area (Å²) in [6.45, 7) is 3.21.